The van der Waals surface area contributed by atoms with Crippen molar-refractivity contribution in [2.45, 2.75) is 125 Å². The summed E-state index contributed by atoms with van der Waals surface area (Å²) in [6.45, 7) is 25.3. The fraction of sp³-hybridized carbons (Fsp3) is 0.412. The Morgan fingerprint density at radius 2 is 1.41 bits per heavy atom. The number of benzene rings is 4. The number of ether oxygens (including phenoxy) is 2. The van der Waals surface area contributed by atoms with E-state index in [-0.39, 0.29) is 16.4 Å². The van der Waals surface area contributed by atoms with Gasteiger partial charge in [-0.1, -0.05) is 89.3 Å². The molecule has 2 aliphatic heterocycles. The lowest BCUT2D eigenvalue weighted by atomic mass is 9.72. The Morgan fingerprint density at radius 3 is 2.12 bits per heavy atom. The highest BCUT2D eigenvalue weighted by molar-refractivity contribution is 5.97. The molecule has 8 rings (SSSR count). The van der Waals surface area contributed by atoms with Crippen molar-refractivity contribution in [3.63, 3.8) is 0 Å². The maximum Gasteiger partial charge on any atom is 0.216 e. The van der Waals surface area contributed by atoms with Crippen LogP contribution in [0, 0.1) is 40.5 Å². The topological polar surface area (TPSA) is 47.0 Å². The zero-order valence-corrected chi connectivity index (χ0v) is 35.5. The summed E-state index contributed by atoms with van der Waals surface area (Å²) in [6, 6.07) is 26.9. The van der Waals surface area contributed by atoms with Crippen molar-refractivity contribution in [1.29, 1.82) is 0 Å². The summed E-state index contributed by atoms with van der Waals surface area (Å²) in [7, 11) is 0. The van der Waals surface area contributed by atoms with Gasteiger partial charge in [0, 0.05) is 23.2 Å². The van der Waals surface area contributed by atoms with Crippen LogP contribution in [0.1, 0.15) is 124 Å². The second-order valence-corrected chi connectivity index (χ2v) is 18.8. The number of pyridine rings is 1. The number of aryl methyl sites for hydroxylation is 5. The molecule has 0 bridgehead atoms. The molecule has 0 spiro atoms. The van der Waals surface area contributed by atoms with Crippen LogP contribution in [0.4, 0.5) is 17.2 Å². The third-order valence-corrected chi connectivity index (χ3v) is 12.8. The van der Waals surface area contributed by atoms with E-state index in [1.807, 2.05) is 6.20 Å². The molecule has 1 saturated carbocycles. The second-order valence-electron chi connectivity index (χ2n) is 18.8. The van der Waals surface area contributed by atoms with E-state index < -0.39 is 0 Å². The first-order valence-electron chi connectivity index (χ1n) is 20.7. The van der Waals surface area contributed by atoms with Gasteiger partial charge in [0.05, 0.1) is 16.9 Å². The lowest BCUT2D eigenvalue weighted by molar-refractivity contribution is 0.170. The molecule has 5 nitrogen and oxygen atoms in total. The molecule has 4 aromatic carbocycles. The average Bonchev–Trinajstić information content (AvgIpc) is 3.56. The van der Waals surface area contributed by atoms with Gasteiger partial charge in [0.25, 0.3) is 0 Å². The van der Waals surface area contributed by atoms with Gasteiger partial charge in [-0.15, -0.1) is 0 Å². The smallest absolute Gasteiger partial charge is 0.216 e. The summed E-state index contributed by atoms with van der Waals surface area (Å²) < 4.78 is 13.6. The maximum absolute atomic E-state index is 7.09. The van der Waals surface area contributed by atoms with Gasteiger partial charge in [-0.2, -0.15) is 0 Å². The molecule has 0 saturated heterocycles. The van der Waals surface area contributed by atoms with Crippen LogP contribution in [-0.2, 0) is 15.6 Å². The Morgan fingerprint density at radius 1 is 0.714 bits per heavy atom. The summed E-state index contributed by atoms with van der Waals surface area (Å²) >= 11 is 0. The maximum atomic E-state index is 7.09. The number of aromatic nitrogens is 1. The van der Waals surface area contributed by atoms with E-state index in [2.05, 4.69) is 154 Å². The Balaban J connectivity index is 1.27. The van der Waals surface area contributed by atoms with Crippen molar-refractivity contribution in [1.82, 2.24) is 4.98 Å². The van der Waals surface area contributed by atoms with Gasteiger partial charge in [0.2, 0.25) is 5.90 Å². The molecular formula is C51H59N3O2. The van der Waals surface area contributed by atoms with Crippen molar-refractivity contribution in [2.24, 2.45) is 10.9 Å². The van der Waals surface area contributed by atoms with Crippen LogP contribution in [0.3, 0.4) is 0 Å². The molecule has 0 N–H and O–H groups in total. The lowest BCUT2D eigenvalue weighted by Gasteiger charge is -2.42. The van der Waals surface area contributed by atoms with E-state index >= 15 is 0 Å². The molecule has 56 heavy (non-hydrogen) atoms. The van der Waals surface area contributed by atoms with Crippen LogP contribution in [0.2, 0.25) is 0 Å². The Hall–Kier alpha value is -4.90. The molecule has 1 fully saturated rings. The molecule has 1 aliphatic carbocycles. The van der Waals surface area contributed by atoms with Gasteiger partial charge in [-0.25, -0.2) is 9.98 Å². The molecule has 0 unspecified atom stereocenters. The predicted molar refractivity (Wildman–Crippen MR) is 233 cm³/mol. The van der Waals surface area contributed by atoms with E-state index in [1.54, 1.807) is 0 Å². The number of hydrogen-bond acceptors (Lipinski definition) is 5. The standard InChI is InChI=1S/C51H59N3O2/c1-31-17-18-43-41(23-31)50(9,10)42-24-33(3)45(29-44(42)54(43)46-28-39(19-20-52-46)49(6,7)8)56-40-26-36(47-34(4)21-32(2)22-35(47)5)25-37(27-40)48-53-51(11,30-55-48)38-15-13-12-14-16-38/h17-29,38H,12-16,30H2,1-11H3/t51-/m0/s1. The van der Waals surface area contributed by atoms with E-state index in [9.17, 15) is 0 Å². The number of rotatable bonds is 6. The van der Waals surface area contributed by atoms with E-state index in [0.717, 1.165) is 51.3 Å². The minimum atomic E-state index is -0.241. The Bertz CT molecular complexity index is 2350. The first-order valence-corrected chi connectivity index (χ1v) is 20.7. The van der Waals surface area contributed by atoms with Gasteiger partial charge >= 0.3 is 0 Å². The lowest BCUT2D eigenvalue weighted by Crippen LogP contribution is -2.35. The minimum Gasteiger partial charge on any atom is -0.475 e. The van der Waals surface area contributed by atoms with Gasteiger partial charge in [-0.3, -0.25) is 4.90 Å². The van der Waals surface area contributed by atoms with Crippen LogP contribution >= 0.6 is 0 Å². The number of aliphatic imine (C=N–C) groups is 1. The average molecular weight is 746 g/mol. The zero-order valence-electron chi connectivity index (χ0n) is 35.5. The Labute approximate surface area is 335 Å². The van der Waals surface area contributed by atoms with Crippen LogP contribution < -0.4 is 9.64 Å². The largest absolute Gasteiger partial charge is 0.475 e. The summed E-state index contributed by atoms with van der Waals surface area (Å²) in [6.07, 6.45) is 8.27. The van der Waals surface area contributed by atoms with Gasteiger partial charge < -0.3 is 9.47 Å². The van der Waals surface area contributed by atoms with Crippen molar-refractivity contribution >= 4 is 23.1 Å². The molecule has 1 aromatic heterocycles. The highest BCUT2D eigenvalue weighted by atomic mass is 16.5. The number of anilines is 3. The molecule has 290 valence electrons. The zero-order chi connectivity index (χ0) is 39.7. The van der Waals surface area contributed by atoms with E-state index in [1.165, 1.54) is 76.6 Å². The fourth-order valence-electron chi connectivity index (χ4n) is 9.63. The first-order chi connectivity index (χ1) is 26.5. The molecular weight excluding hydrogens is 687 g/mol. The molecule has 3 aliphatic rings. The van der Waals surface area contributed by atoms with Crippen molar-refractivity contribution in [3.05, 3.63) is 129 Å². The molecule has 5 aromatic rings. The summed E-state index contributed by atoms with van der Waals surface area (Å²) in [4.78, 5) is 12.7. The third kappa shape index (κ3) is 6.82. The summed E-state index contributed by atoms with van der Waals surface area (Å²) in [5.41, 5.74) is 14.9. The van der Waals surface area contributed by atoms with E-state index in [0.29, 0.717) is 12.5 Å². The van der Waals surface area contributed by atoms with Crippen molar-refractivity contribution in [3.8, 4) is 22.6 Å². The van der Waals surface area contributed by atoms with Crippen LogP contribution in [-0.4, -0.2) is 23.0 Å². The van der Waals surface area contributed by atoms with Crippen molar-refractivity contribution in [2.75, 3.05) is 11.5 Å². The SMILES string of the molecule is Cc1cc(C)c(-c2cc(Oc3cc4c(cc3C)C(C)(C)c3cc(C)ccc3N4c3cc(C(C)(C)C)ccn3)cc(C3=N[C@](C)(C4CCCCC4)CO3)c2)c(C)c1. The predicted octanol–water partition coefficient (Wildman–Crippen LogP) is 13.6. The molecule has 5 heteroatoms. The van der Waals surface area contributed by atoms with Crippen LogP contribution in [0.5, 0.6) is 11.5 Å². The monoisotopic (exact) mass is 745 g/mol. The van der Waals surface area contributed by atoms with Crippen LogP contribution in [0.15, 0.2) is 84.0 Å². The van der Waals surface area contributed by atoms with Crippen LogP contribution in [0.25, 0.3) is 11.1 Å². The highest BCUT2D eigenvalue weighted by Gasteiger charge is 2.41. The first kappa shape index (κ1) is 38.0. The molecule has 0 radical (unpaired) electrons. The van der Waals surface area contributed by atoms with Gasteiger partial charge in [0.15, 0.2) is 0 Å². The number of nitrogens with zero attached hydrogens (tertiary/aromatic N) is 3. The number of fused-ring (bicyclic) bond motifs is 2. The normalized spacial score (nSPS) is 19.3. The summed E-state index contributed by atoms with van der Waals surface area (Å²) in [5.74, 6) is 3.75. The minimum absolute atomic E-state index is 0.0225. The third-order valence-electron chi connectivity index (χ3n) is 12.8. The highest BCUT2D eigenvalue weighted by Crippen LogP contribution is 2.54. The molecule has 1 atom stereocenters. The van der Waals surface area contributed by atoms with E-state index in [4.69, 9.17) is 19.5 Å². The summed E-state index contributed by atoms with van der Waals surface area (Å²) in [5, 5.41) is 0. The number of hydrogen-bond donors (Lipinski definition) is 0. The van der Waals surface area contributed by atoms with Crippen molar-refractivity contribution < 1.29 is 9.47 Å². The second kappa shape index (κ2) is 13.9. The fourth-order valence-corrected chi connectivity index (χ4v) is 9.63. The quantitative estimate of drug-likeness (QED) is 0.174. The Kier molecular flexibility index (Phi) is 9.45. The molecule has 3 heterocycles. The van der Waals surface area contributed by atoms with Gasteiger partial charge in [-0.05, 0) is 153 Å². The molecule has 0 amide bonds. The van der Waals surface area contributed by atoms with Gasteiger partial charge in [0.1, 0.15) is 23.9 Å².